The Labute approximate surface area is 116 Å². The molecule has 0 saturated carbocycles. The standard InChI is InChI=1S/C15H12Cl2O/c16-14-8-13(9-15(17)10-14)12-5-3-11(4-6-12)2-1-7-18/h1-6,8-10,18H,7H2. The van der Waals surface area contributed by atoms with Gasteiger partial charge >= 0.3 is 0 Å². The van der Waals surface area contributed by atoms with E-state index in [2.05, 4.69) is 0 Å². The Kier molecular flexibility index (Phi) is 4.43. The van der Waals surface area contributed by atoms with Crippen molar-refractivity contribution in [3.8, 4) is 11.1 Å². The number of benzene rings is 2. The van der Waals surface area contributed by atoms with Gasteiger partial charge in [0.15, 0.2) is 0 Å². The summed E-state index contributed by atoms with van der Waals surface area (Å²) < 4.78 is 0. The van der Waals surface area contributed by atoms with Crippen molar-refractivity contribution >= 4 is 29.3 Å². The van der Waals surface area contributed by atoms with Crippen LogP contribution in [0.5, 0.6) is 0 Å². The highest BCUT2D eigenvalue weighted by Crippen LogP contribution is 2.27. The van der Waals surface area contributed by atoms with Crippen molar-refractivity contribution in [2.75, 3.05) is 6.61 Å². The van der Waals surface area contributed by atoms with Crippen LogP contribution in [0.4, 0.5) is 0 Å². The SMILES string of the molecule is OCC=Cc1ccc(-c2cc(Cl)cc(Cl)c2)cc1. The molecule has 0 fully saturated rings. The van der Waals surface area contributed by atoms with Crippen LogP contribution in [-0.4, -0.2) is 11.7 Å². The molecule has 18 heavy (non-hydrogen) atoms. The lowest BCUT2D eigenvalue weighted by Gasteiger charge is -2.04. The van der Waals surface area contributed by atoms with Crippen LogP contribution in [0.25, 0.3) is 17.2 Å². The number of aliphatic hydroxyl groups is 1. The third kappa shape index (κ3) is 3.36. The van der Waals surface area contributed by atoms with Gasteiger partial charge in [-0.25, -0.2) is 0 Å². The Bertz CT molecular complexity index is 539. The quantitative estimate of drug-likeness (QED) is 0.865. The van der Waals surface area contributed by atoms with Crippen LogP contribution in [0, 0.1) is 0 Å². The Hall–Kier alpha value is -1.28. The van der Waals surface area contributed by atoms with E-state index in [0.717, 1.165) is 16.7 Å². The predicted molar refractivity (Wildman–Crippen MR) is 78.0 cm³/mol. The number of halogens is 2. The van der Waals surface area contributed by atoms with Gasteiger partial charge in [0.05, 0.1) is 6.61 Å². The Balaban J connectivity index is 2.31. The molecule has 92 valence electrons. The van der Waals surface area contributed by atoms with E-state index in [1.54, 1.807) is 12.1 Å². The predicted octanol–water partition coefficient (Wildman–Crippen LogP) is 4.67. The third-order valence-corrected chi connectivity index (χ3v) is 2.96. The second kappa shape index (κ2) is 6.05. The van der Waals surface area contributed by atoms with Crippen molar-refractivity contribution in [1.82, 2.24) is 0 Å². The first-order valence-electron chi connectivity index (χ1n) is 5.53. The van der Waals surface area contributed by atoms with E-state index < -0.39 is 0 Å². The maximum Gasteiger partial charge on any atom is 0.0615 e. The minimum Gasteiger partial charge on any atom is -0.392 e. The lowest BCUT2D eigenvalue weighted by Crippen LogP contribution is -1.80. The van der Waals surface area contributed by atoms with Crippen LogP contribution in [0.2, 0.25) is 10.0 Å². The monoisotopic (exact) mass is 278 g/mol. The fourth-order valence-corrected chi connectivity index (χ4v) is 2.22. The van der Waals surface area contributed by atoms with E-state index in [4.69, 9.17) is 28.3 Å². The average molecular weight is 279 g/mol. The number of rotatable bonds is 3. The fourth-order valence-electron chi connectivity index (χ4n) is 1.70. The summed E-state index contributed by atoms with van der Waals surface area (Å²) in [4.78, 5) is 0. The van der Waals surface area contributed by atoms with Crippen molar-refractivity contribution in [2.24, 2.45) is 0 Å². The van der Waals surface area contributed by atoms with Gasteiger partial charge < -0.3 is 5.11 Å². The molecule has 0 spiro atoms. The summed E-state index contributed by atoms with van der Waals surface area (Å²) in [7, 11) is 0. The first-order chi connectivity index (χ1) is 8.69. The average Bonchev–Trinajstić information content (AvgIpc) is 2.36. The molecular weight excluding hydrogens is 267 g/mol. The second-order valence-corrected chi connectivity index (χ2v) is 4.74. The van der Waals surface area contributed by atoms with Crippen LogP contribution >= 0.6 is 23.2 Å². The Morgan fingerprint density at radius 3 is 2.06 bits per heavy atom. The van der Waals surface area contributed by atoms with Crippen LogP contribution in [0.3, 0.4) is 0 Å². The largest absolute Gasteiger partial charge is 0.392 e. The molecule has 0 aliphatic heterocycles. The first-order valence-corrected chi connectivity index (χ1v) is 6.28. The summed E-state index contributed by atoms with van der Waals surface area (Å²) in [5.74, 6) is 0. The molecule has 0 aliphatic carbocycles. The minimum atomic E-state index is 0.0473. The van der Waals surface area contributed by atoms with Gasteiger partial charge in [-0.05, 0) is 34.9 Å². The normalized spacial score (nSPS) is 11.1. The van der Waals surface area contributed by atoms with Gasteiger partial charge in [0.25, 0.3) is 0 Å². The van der Waals surface area contributed by atoms with Gasteiger partial charge in [-0.2, -0.15) is 0 Å². The molecule has 0 saturated heterocycles. The Morgan fingerprint density at radius 2 is 1.50 bits per heavy atom. The molecule has 2 aromatic rings. The first kappa shape index (κ1) is 13.2. The molecule has 0 aromatic heterocycles. The molecule has 0 heterocycles. The van der Waals surface area contributed by atoms with E-state index in [-0.39, 0.29) is 6.61 Å². The molecule has 0 atom stereocenters. The number of hydrogen-bond acceptors (Lipinski definition) is 1. The molecule has 0 bridgehead atoms. The zero-order valence-electron chi connectivity index (χ0n) is 9.61. The van der Waals surface area contributed by atoms with Crippen molar-refractivity contribution < 1.29 is 5.11 Å². The molecule has 0 unspecified atom stereocenters. The molecule has 0 aliphatic rings. The van der Waals surface area contributed by atoms with Crippen LogP contribution in [-0.2, 0) is 0 Å². The fraction of sp³-hybridized carbons (Fsp3) is 0.0667. The van der Waals surface area contributed by atoms with Gasteiger partial charge in [0.2, 0.25) is 0 Å². The highest BCUT2D eigenvalue weighted by molar-refractivity contribution is 6.35. The topological polar surface area (TPSA) is 20.2 Å². The molecule has 2 rings (SSSR count). The summed E-state index contributed by atoms with van der Waals surface area (Å²) in [6, 6.07) is 13.4. The van der Waals surface area contributed by atoms with E-state index in [0.29, 0.717) is 10.0 Å². The minimum absolute atomic E-state index is 0.0473. The summed E-state index contributed by atoms with van der Waals surface area (Å²) in [6.45, 7) is 0.0473. The molecular formula is C15H12Cl2O. The summed E-state index contributed by atoms with van der Waals surface area (Å²) in [6.07, 6.45) is 3.57. The molecule has 0 radical (unpaired) electrons. The van der Waals surface area contributed by atoms with Gasteiger partial charge in [0, 0.05) is 10.0 Å². The maximum absolute atomic E-state index is 8.71. The van der Waals surface area contributed by atoms with Crippen LogP contribution in [0.15, 0.2) is 48.5 Å². The maximum atomic E-state index is 8.71. The van der Waals surface area contributed by atoms with Gasteiger partial charge in [-0.15, -0.1) is 0 Å². The highest BCUT2D eigenvalue weighted by atomic mass is 35.5. The lowest BCUT2D eigenvalue weighted by atomic mass is 10.0. The molecule has 1 nitrogen and oxygen atoms in total. The molecule has 2 aromatic carbocycles. The van der Waals surface area contributed by atoms with Crippen LogP contribution in [0.1, 0.15) is 5.56 Å². The summed E-state index contributed by atoms with van der Waals surface area (Å²) in [5, 5.41) is 9.96. The van der Waals surface area contributed by atoms with E-state index >= 15 is 0 Å². The summed E-state index contributed by atoms with van der Waals surface area (Å²) >= 11 is 12.0. The van der Waals surface area contributed by atoms with Crippen molar-refractivity contribution in [1.29, 1.82) is 0 Å². The van der Waals surface area contributed by atoms with E-state index in [1.807, 2.05) is 42.5 Å². The highest BCUT2D eigenvalue weighted by Gasteiger charge is 2.01. The Morgan fingerprint density at radius 1 is 0.889 bits per heavy atom. The van der Waals surface area contributed by atoms with Crippen LogP contribution < -0.4 is 0 Å². The molecule has 1 N–H and O–H groups in total. The zero-order chi connectivity index (χ0) is 13.0. The third-order valence-electron chi connectivity index (χ3n) is 2.52. The number of hydrogen-bond donors (Lipinski definition) is 1. The van der Waals surface area contributed by atoms with E-state index in [1.165, 1.54) is 0 Å². The van der Waals surface area contributed by atoms with Gasteiger partial charge in [-0.3, -0.25) is 0 Å². The molecule has 0 amide bonds. The zero-order valence-corrected chi connectivity index (χ0v) is 11.1. The van der Waals surface area contributed by atoms with Crippen molar-refractivity contribution in [2.45, 2.75) is 0 Å². The summed E-state index contributed by atoms with van der Waals surface area (Å²) in [5.41, 5.74) is 3.09. The number of aliphatic hydroxyl groups excluding tert-OH is 1. The lowest BCUT2D eigenvalue weighted by molar-refractivity contribution is 0.343. The smallest absolute Gasteiger partial charge is 0.0615 e. The van der Waals surface area contributed by atoms with Crippen molar-refractivity contribution in [3.63, 3.8) is 0 Å². The van der Waals surface area contributed by atoms with E-state index in [9.17, 15) is 0 Å². The molecule has 3 heteroatoms. The second-order valence-electron chi connectivity index (χ2n) is 3.87. The van der Waals surface area contributed by atoms with Crippen molar-refractivity contribution in [3.05, 3.63) is 64.1 Å². The van der Waals surface area contributed by atoms with Gasteiger partial charge in [-0.1, -0.05) is 59.6 Å². The van der Waals surface area contributed by atoms with Gasteiger partial charge in [0.1, 0.15) is 0 Å².